The molecular weight excluding hydrogens is 493 g/mol. The van der Waals surface area contributed by atoms with E-state index in [1.54, 1.807) is 6.07 Å². The standard InChI is InChI=1S/C28H22NO5PS/c30-27-24-18-10-11-19-26(24)36(33,34)29(27)25(28(31)32)20-35(21-12-4-1-5-13-21,22-14-6-2-7-15-22)23-16-8-3-9-17-23/h1-19,25H,20H2/p+1. The topological polar surface area (TPSA) is 91.8 Å². The molecule has 1 amide bonds. The van der Waals surface area contributed by atoms with E-state index in [4.69, 9.17) is 0 Å². The summed E-state index contributed by atoms with van der Waals surface area (Å²) < 4.78 is 27.6. The van der Waals surface area contributed by atoms with Crippen molar-refractivity contribution in [3.05, 3.63) is 121 Å². The molecule has 0 bridgehead atoms. The molecule has 1 aliphatic heterocycles. The van der Waals surface area contributed by atoms with Crippen molar-refractivity contribution in [3.8, 4) is 0 Å². The Labute approximate surface area is 210 Å². The highest BCUT2D eigenvalue weighted by Crippen LogP contribution is 2.56. The molecule has 0 radical (unpaired) electrons. The molecule has 36 heavy (non-hydrogen) atoms. The molecule has 0 aliphatic carbocycles. The number of carboxylic acids is 1. The Morgan fingerprint density at radius 1 is 0.722 bits per heavy atom. The zero-order valence-electron chi connectivity index (χ0n) is 19.1. The molecule has 4 aromatic carbocycles. The minimum atomic E-state index is -4.34. The van der Waals surface area contributed by atoms with Gasteiger partial charge in [-0.15, -0.1) is 0 Å². The lowest BCUT2D eigenvalue weighted by atomic mass is 10.2. The van der Waals surface area contributed by atoms with Crippen LogP contribution in [-0.2, 0) is 14.8 Å². The van der Waals surface area contributed by atoms with Gasteiger partial charge in [0.1, 0.15) is 34.2 Å². The van der Waals surface area contributed by atoms with Crippen molar-refractivity contribution in [1.29, 1.82) is 0 Å². The third-order valence-electron chi connectivity index (χ3n) is 6.46. The fourth-order valence-electron chi connectivity index (χ4n) is 4.83. The molecule has 1 aliphatic rings. The fraction of sp³-hybridized carbons (Fsp3) is 0.0714. The smallest absolute Gasteiger partial charge is 0.331 e. The maximum absolute atomic E-state index is 13.5. The van der Waals surface area contributed by atoms with Crippen LogP contribution >= 0.6 is 7.26 Å². The summed E-state index contributed by atoms with van der Waals surface area (Å²) in [4.78, 5) is 26.0. The molecule has 1 N–H and O–H groups in total. The normalized spacial score (nSPS) is 15.3. The highest BCUT2D eigenvalue weighted by molar-refractivity contribution is 7.96. The zero-order chi connectivity index (χ0) is 25.3. The second kappa shape index (κ2) is 9.34. The lowest BCUT2D eigenvalue weighted by Gasteiger charge is -2.32. The molecule has 4 aromatic rings. The van der Waals surface area contributed by atoms with Gasteiger partial charge in [-0.1, -0.05) is 66.7 Å². The van der Waals surface area contributed by atoms with Gasteiger partial charge in [-0.25, -0.2) is 17.5 Å². The van der Waals surface area contributed by atoms with Crippen molar-refractivity contribution < 1.29 is 23.1 Å². The molecule has 0 aromatic heterocycles. The zero-order valence-corrected chi connectivity index (χ0v) is 20.8. The minimum absolute atomic E-state index is 0.00758. The Hall–Kier alpha value is -3.80. The van der Waals surface area contributed by atoms with Gasteiger partial charge in [0.15, 0.2) is 6.04 Å². The number of carbonyl (C=O) groups is 2. The molecule has 1 unspecified atom stereocenters. The van der Waals surface area contributed by atoms with E-state index in [1.165, 1.54) is 18.2 Å². The summed E-state index contributed by atoms with van der Waals surface area (Å²) in [6.07, 6.45) is -0.0840. The van der Waals surface area contributed by atoms with E-state index in [2.05, 4.69) is 0 Å². The second-order valence-corrected chi connectivity index (χ2v) is 13.8. The molecule has 8 heteroatoms. The van der Waals surface area contributed by atoms with Crippen molar-refractivity contribution in [1.82, 2.24) is 4.31 Å². The number of carboxylic acid groups (broad SMARTS) is 1. The van der Waals surface area contributed by atoms with E-state index in [0.717, 1.165) is 15.9 Å². The number of carbonyl (C=O) groups excluding carboxylic acids is 1. The third kappa shape index (κ3) is 3.81. The highest BCUT2D eigenvalue weighted by atomic mass is 32.2. The summed E-state index contributed by atoms with van der Waals surface area (Å²) in [5.41, 5.74) is -0.00758. The van der Waals surface area contributed by atoms with Crippen molar-refractivity contribution in [3.63, 3.8) is 0 Å². The number of hydrogen-bond acceptors (Lipinski definition) is 4. The van der Waals surface area contributed by atoms with Crippen LogP contribution in [0.25, 0.3) is 0 Å². The summed E-state index contributed by atoms with van der Waals surface area (Å²) >= 11 is 0. The molecular formula is C28H23NO5PS+. The molecule has 0 spiro atoms. The SMILES string of the molecule is O=C(O)C(C[P+](c1ccccc1)(c1ccccc1)c1ccccc1)N1C(=O)c2ccccc2S1(=O)=O. The van der Waals surface area contributed by atoms with Gasteiger partial charge in [0.05, 0.1) is 5.56 Å². The Bertz CT molecular complexity index is 1430. The first kappa shape index (κ1) is 23.9. The van der Waals surface area contributed by atoms with Crippen LogP contribution < -0.4 is 15.9 Å². The van der Waals surface area contributed by atoms with Crippen molar-refractivity contribution in [2.75, 3.05) is 6.16 Å². The number of nitrogens with zero attached hydrogens (tertiary/aromatic N) is 1. The van der Waals surface area contributed by atoms with Crippen LogP contribution in [0.1, 0.15) is 10.4 Å². The van der Waals surface area contributed by atoms with Gasteiger partial charge in [0.2, 0.25) is 0 Å². The summed E-state index contributed by atoms with van der Waals surface area (Å²) in [6, 6.07) is 32.9. The van der Waals surface area contributed by atoms with Crippen LogP contribution in [0.5, 0.6) is 0 Å². The number of rotatable bonds is 7. The quantitative estimate of drug-likeness (QED) is 0.381. The van der Waals surface area contributed by atoms with Crippen LogP contribution in [0.2, 0.25) is 0 Å². The van der Waals surface area contributed by atoms with Gasteiger partial charge < -0.3 is 5.11 Å². The van der Waals surface area contributed by atoms with E-state index in [0.29, 0.717) is 4.31 Å². The average molecular weight is 517 g/mol. The molecule has 0 saturated heterocycles. The monoisotopic (exact) mass is 516 g/mol. The summed E-state index contributed by atoms with van der Waals surface area (Å²) in [5, 5.41) is 13.1. The Kier molecular flexibility index (Phi) is 6.20. The lowest BCUT2D eigenvalue weighted by Crippen LogP contribution is -2.50. The first-order valence-electron chi connectivity index (χ1n) is 11.3. The first-order chi connectivity index (χ1) is 17.4. The van der Waals surface area contributed by atoms with Crippen LogP contribution in [0.4, 0.5) is 0 Å². The Balaban J connectivity index is 1.76. The summed E-state index contributed by atoms with van der Waals surface area (Å²) in [6.45, 7) is 0. The largest absolute Gasteiger partial charge is 0.480 e. The van der Waals surface area contributed by atoms with Gasteiger partial charge in [0, 0.05) is 0 Å². The maximum Gasteiger partial charge on any atom is 0.331 e. The van der Waals surface area contributed by atoms with E-state index < -0.39 is 35.2 Å². The van der Waals surface area contributed by atoms with Crippen LogP contribution in [-0.4, -0.2) is 41.9 Å². The van der Waals surface area contributed by atoms with Gasteiger partial charge >= 0.3 is 5.97 Å². The number of benzene rings is 4. The fourth-order valence-corrected chi connectivity index (χ4v) is 11.1. The van der Waals surface area contributed by atoms with Gasteiger partial charge in [-0.05, 0) is 48.5 Å². The van der Waals surface area contributed by atoms with Crippen molar-refractivity contribution in [2.45, 2.75) is 10.9 Å². The van der Waals surface area contributed by atoms with Gasteiger partial charge in [-0.3, -0.25) is 4.79 Å². The minimum Gasteiger partial charge on any atom is -0.480 e. The van der Waals surface area contributed by atoms with E-state index in [1.807, 2.05) is 91.0 Å². The number of hydrogen-bond donors (Lipinski definition) is 1. The number of fused-ring (bicyclic) bond motifs is 1. The van der Waals surface area contributed by atoms with E-state index in [-0.39, 0.29) is 16.6 Å². The third-order valence-corrected chi connectivity index (χ3v) is 12.7. The van der Waals surface area contributed by atoms with Crippen molar-refractivity contribution in [2.24, 2.45) is 0 Å². The Morgan fingerprint density at radius 2 is 1.14 bits per heavy atom. The Morgan fingerprint density at radius 3 is 1.56 bits per heavy atom. The molecule has 5 rings (SSSR count). The van der Waals surface area contributed by atoms with Crippen molar-refractivity contribution >= 4 is 45.1 Å². The molecule has 180 valence electrons. The lowest BCUT2D eigenvalue weighted by molar-refractivity contribution is -0.140. The van der Waals surface area contributed by atoms with Gasteiger partial charge in [0.25, 0.3) is 15.9 Å². The van der Waals surface area contributed by atoms with Gasteiger partial charge in [-0.2, -0.15) is 0 Å². The number of aliphatic carboxylic acids is 1. The summed E-state index contributed by atoms with van der Waals surface area (Å²) in [5.74, 6) is -2.18. The van der Waals surface area contributed by atoms with Crippen LogP contribution in [0, 0.1) is 0 Å². The average Bonchev–Trinajstić information content (AvgIpc) is 3.11. The predicted octanol–water partition coefficient (Wildman–Crippen LogP) is 3.28. The molecule has 0 fully saturated rings. The molecule has 6 nitrogen and oxygen atoms in total. The maximum atomic E-state index is 13.5. The number of amides is 1. The molecule has 1 atom stereocenters. The van der Waals surface area contributed by atoms with E-state index in [9.17, 15) is 23.1 Å². The predicted molar refractivity (Wildman–Crippen MR) is 141 cm³/mol. The molecule has 0 saturated carbocycles. The summed E-state index contributed by atoms with van der Waals surface area (Å²) in [7, 11) is -7.07. The van der Waals surface area contributed by atoms with E-state index >= 15 is 0 Å². The second-order valence-electron chi connectivity index (χ2n) is 8.46. The van der Waals surface area contributed by atoms with Crippen LogP contribution in [0.3, 0.4) is 0 Å². The van der Waals surface area contributed by atoms with Crippen LogP contribution in [0.15, 0.2) is 120 Å². The molecule has 1 heterocycles. The number of sulfonamides is 1. The first-order valence-corrected chi connectivity index (χ1v) is 14.7. The highest BCUT2D eigenvalue weighted by Gasteiger charge is 2.55.